The first-order valence-corrected chi connectivity index (χ1v) is 8.35. The number of ether oxygens (including phenoxy) is 4. The van der Waals surface area contributed by atoms with E-state index in [2.05, 4.69) is 0 Å². The number of hydrogen-bond acceptors (Lipinski definition) is 4. The molecule has 0 aliphatic carbocycles. The van der Waals surface area contributed by atoms with Crippen molar-refractivity contribution < 1.29 is 18.9 Å². The first kappa shape index (κ1) is 12.4. The third kappa shape index (κ3) is 2.29. The van der Waals surface area contributed by atoms with Crippen LogP contribution >= 0.6 is 0 Å². The van der Waals surface area contributed by atoms with E-state index in [-0.39, 0.29) is 18.3 Å². The Morgan fingerprint density at radius 3 is 2.29 bits per heavy atom. The predicted octanol–water partition coefficient (Wildman–Crippen LogP) is 1.58. The summed E-state index contributed by atoms with van der Waals surface area (Å²) in [4.78, 5) is 0.469. The van der Waals surface area contributed by atoms with E-state index >= 15 is 0 Å². The molecule has 98 valence electrons. The molecule has 0 amide bonds. The van der Waals surface area contributed by atoms with Crippen molar-refractivity contribution in [3.8, 4) is 0 Å². The van der Waals surface area contributed by atoms with Crippen LogP contribution in [0.5, 0.6) is 0 Å². The number of rotatable bonds is 1. The number of fused-ring (bicyclic) bond motifs is 1. The molecule has 0 radical (unpaired) electrons. The maximum atomic E-state index is 6.02. The van der Waals surface area contributed by atoms with Crippen LogP contribution in [-0.4, -0.2) is 51.4 Å². The van der Waals surface area contributed by atoms with Gasteiger partial charge in [-0.05, 0) is 0 Å². The molecule has 3 heterocycles. The quantitative estimate of drug-likeness (QED) is 0.689. The molecule has 0 unspecified atom stereocenters. The van der Waals surface area contributed by atoms with E-state index in [0.717, 1.165) is 5.32 Å². The van der Waals surface area contributed by atoms with Gasteiger partial charge in [-0.2, -0.15) is 0 Å². The van der Waals surface area contributed by atoms with Crippen LogP contribution in [0.15, 0.2) is 0 Å². The predicted molar refractivity (Wildman–Crippen MR) is 63.0 cm³/mol. The Bertz CT molecular complexity index is 318. The van der Waals surface area contributed by atoms with E-state index in [1.807, 2.05) is 27.7 Å². The molecule has 3 aliphatic rings. The van der Waals surface area contributed by atoms with Gasteiger partial charge in [-0.15, -0.1) is 0 Å². The summed E-state index contributed by atoms with van der Waals surface area (Å²) in [6.07, 6.45) is 0.646. The fraction of sp³-hybridized carbons (Fsp3) is 1.00. The second kappa shape index (κ2) is 3.92. The van der Waals surface area contributed by atoms with Crippen molar-refractivity contribution in [3.63, 3.8) is 0 Å². The Balaban J connectivity index is 1.70. The standard InChI is InChI=1S/C12H20O4Se/c1-11(2)13-5-7(14-11)10-9-8(6-17-10)15-12(3,4)16-9/h7-10H,5-6H2,1-4H3/t7-,8+,9+,10-/m1/s1. The molecule has 17 heavy (non-hydrogen) atoms. The minimum absolute atomic E-state index is 0.178. The summed E-state index contributed by atoms with van der Waals surface area (Å²) in [5.74, 6) is -0.868. The second-order valence-electron chi connectivity index (χ2n) is 5.80. The fourth-order valence-electron chi connectivity index (χ4n) is 2.77. The molecule has 4 nitrogen and oxygen atoms in total. The molecule has 0 spiro atoms. The zero-order valence-corrected chi connectivity index (χ0v) is 12.5. The average Bonchev–Trinajstić information content (AvgIpc) is 2.77. The van der Waals surface area contributed by atoms with Crippen molar-refractivity contribution in [1.29, 1.82) is 0 Å². The molecule has 3 rings (SSSR count). The van der Waals surface area contributed by atoms with Gasteiger partial charge in [0.2, 0.25) is 0 Å². The zero-order valence-electron chi connectivity index (χ0n) is 10.8. The number of hydrogen-bond donors (Lipinski definition) is 0. The van der Waals surface area contributed by atoms with Gasteiger partial charge in [0.25, 0.3) is 0 Å². The van der Waals surface area contributed by atoms with E-state index in [4.69, 9.17) is 18.9 Å². The SMILES string of the molecule is CC1(C)O[C@@H]2[C@@H]([C@H]3COC(C)(C)O3)[Se]C[C@@H]2O1. The average molecular weight is 307 g/mol. The Hall–Kier alpha value is 0.359. The third-order valence-electron chi connectivity index (χ3n) is 3.40. The summed E-state index contributed by atoms with van der Waals surface area (Å²) >= 11 is 0.528. The van der Waals surface area contributed by atoms with Gasteiger partial charge in [0, 0.05) is 0 Å². The molecule has 0 saturated carbocycles. The van der Waals surface area contributed by atoms with Gasteiger partial charge in [0.05, 0.1) is 0 Å². The Labute approximate surface area is 108 Å². The molecule has 0 aromatic heterocycles. The van der Waals surface area contributed by atoms with Gasteiger partial charge in [-0.3, -0.25) is 0 Å². The monoisotopic (exact) mass is 308 g/mol. The van der Waals surface area contributed by atoms with E-state index in [9.17, 15) is 0 Å². The van der Waals surface area contributed by atoms with Gasteiger partial charge < -0.3 is 0 Å². The van der Waals surface area contributed by atoms with Crippen LogP contribution in [0.3, 0.4) is 0 Å². The van der Waals surface area contributed by atoms with Crippen molar-refractivity contribution in [2.24, 2.45) is 0 Å². The molecule has 5 heteroatoms. The molecule has 0 aromatic rings. The van der Waals surface area contributed by atoms with Crippen LogP contribution in [0.2, 0.25) is 10.1 Å². The van der Waals surface area contributed by atoms with Crippen LogP contribution in [0, 0.1) is 0 Å². The van der Waals surface area contributed by atoms with Crippen molar-refractivity contribution >= 4 is 15.0 Å². The summed E-state index contributed by atoms with van der Waals surface area (Å²) in [7, 11) is 0. The van der Waals surface area contributed by atoms with Crippen LogP contribution in [0.4, 0.5) is 0 Å². The first-order valence-electron chi connectivity index (χ1n) is 6.15. The molecule has 3 fully saturated rings. The van der Waals surface area contributed by atoms with Crippen molar-refractivity contribution in [2.75, 3.05) is 6.61 Å². The Kier molecular flexibility index (Phi) is 2.86. The van der Waals surface area contributed by atoms with Crippen LogP contribution in [0.1, 0.15) is 27.7 Å². The summed E-state index contributed by atoms with van der Waals surface area (Å²) in [6, 6.07) is 0. The van der Waals surface area contributed by atoms with E-state index in [1.165, 1.54) is 0 Å². The molecule has 0 N–H and O–H groups in total. The second-order valence-corrected chi connectivity index (χ2v) is 8.34. The van der Waals surface area contributed by atoms with Gasteiger partial charge >= 0.3 is 108 Å². The molecule has 0 bridgehead atoms. The van der Waals surface area contributed by atoms with Crippen LogP contribution in [-0.2, 0) is 18.9 Å². The molecule has 3 saturated heterocycles. The zero-order chi connectivity index (χ0) is 12.3. The summed E-state index contributed by atoms with van der Waals surface area (Å²) in [5.41, 5.74) is 0. The van der Waals surface area contributed by atoms with E-state index in [0.29, 0.717) is 26.4 Å². The molecule has 4 atom stereocenters. The van der Waals surface area contributed by atoms with Crippen LogP contribution < -0.4 is 0 Å². The summed E-state index contributed by atoms with van der Waals surface area (Å²) < 4.78 is 23.6. The molecular weight excluding hydrogens is 287 g/mol. The molecule has 3 aliphatic heterocycles. The van der Waals surface area contributed by atoms with Crippen molar-refractivity contribution in [3.05, 3.63) is 0 Å². The van der Waals surface area contributed by atoms with E-state index < -0.39 is 11.6 Å². The van der Waals surface area contributed by atoms with Gasteiger partial charge in [-0.1, -0.05) is 0 Å². The van der Waals surface area contributed by atoms with Gasteiger partial charge in [-0.25, -0.2) is 0 Å². The molecule has 0 aromatic carbocycles. The topological polar surface area (TPSA) is 36.9 Å². The first-order chi connectivity index (χ1) is 7.86. The Morgan fingerprint density at radius 2 is 1.65 bits per heavy atom. The third-order valence-corrected chi connectivity index (χ3v) is 6.50. The maximum absolute atomic E-state index is 6.02. The van der Waals surface area contributed by atoms with Crippen LogP contribution in [0.25, 0.3) is 0 Å². The Morgan fingerprint density at radius 1 is 0.941 bits per heavy atom. The minimum atomic E-state index is -0.437. The van der Waals surface area contributed by atoms with Crippen molar-refractivity contribution in [1.82, 2.24) is 0 Å². The van der Waals surface area contributed by atoms with E-state index in [1.54, 1.807) is 0 Å². The van der Waals surface area contributed by atoms with Gasteiger partial charge in [0.1, 0.15) is 0 Å². The normalized spacial score (nSPS) is 47.3. The van der Waals surface area contributed by atoms with Crippen molar-refractivity contribution in [2.45, 2.75) is 67.7 Å². The summed E-state index contributed by atoms with van der Waals surface area (Å²) in [5, 5.41) is 1.13. The van der Waals surface area contributed by atoms with Gasteiger partial charge in [0.15, 0.2) is 0 Å². The molecular formula is C12H20O4Se. The fourth-order valence-corrected chi connectivity index (χ4v) is 5.79. The summed E-state index contributed by atoms with van der Waals surface area (Å²) in [6.45, 7) is 8.62.